The molecule has 2 aromatic carbocycles. The van der Waals surface area contributed by atoms with Gasteiger partial charge in [-0.2, -0.15) is 5.10 Å². The van der Waals surface area contributed by atoms with E-state index in [0.717, 1.165) is 15.7 Å². The van der Waals surface area contributed by atoms with Gasteiger partial charge < -0.3 is 14.8 Å². The third-order valence-corrected chi connectivity index (χ3v) is 4.22. The average molecular weight is 404 g/mol. The fourth-order valence-electron chi connectivity index (χ4n) is 2.34. The van der Waals surface area contributed by atoms with Crippen LogP contribution in [0.1, 0.15) is 18.9 Å². The van der Waals surface area contributed by atoms with Gasteiger partial charge in [-0.15, -0.1) is 0 Å². The minimum absolute atomic E-state index is 0.192. The molecular formula is C18H18BrN3O3. The summed E-state index contributed by atoms with van der Waals surface area (Å²) in [5, 5.41) is 7.22. The van der Waals surface area contributed by atoms with Crippen LogP contribution in [0.5, 0.6) is 11.5 Å². The number of rotatable bonds is 6. The quantitative estimate of drug-likeness (QED) is 0.571. The predicted molar refractivity (Wildman–Crippen MR) is 100 cm³/mol. The lowest BCUT2D eigenvalue weighted by Gasteiger charge is -2.16. The van der Waals surface area contributed by atoms with Crippen LogP contribution in [0.2, 0.25) is 0 Å². The van der Waals surface area contributed by atoms with Crippen molar-refractivity contribution >= 4 is 33.7 Å². The van der Waals surface area contributed by atoms with Crippen LogP contribution < -0.4 is 20.2 Å². The highest BCUT2D eigenvalue weighted by atomic mass is 79.9. The van der Waals surface area contributed by atoms with Crippen LogP contribution in [0.25, 0.3) is 0 Å². The molecule has 1 atom stereocenters. The number of hydrogen-bond acceptors (Lipinski definition) is 5. The van der Waals surface area contributed by atoms with Crippen LogP contribution in [0, 0.1) is 0 Å². The van der Waals surface area contributed by atoms with Crippen molar-refractivity contribution in [1.82, 2.24) is 5.43 Å². The number of amides is 1. The number of anilines is 1. The van der Waals surface area contributed by atoms with Crippen LogP contribution in [0.3, 0.4) is 0 Å². The number of halogens is 1. The first-order valence-corrected chi connectivity index (χ1v) is 8.69. The molecular weight excluding hydrogens is 386 g/mol. The van der Waals surface area contributed by atoms with Gasteiger partial charge in [-0.1, -0.05) is 22.9 Å². The Morgan fingerprint density at radius 2 is 2.00 bits per heavy atom. The standard InChI is InChI=1S/C18H18BrN3O3/c1-2-15(21-14-6-4-13(19)5-7-14)18(23)22-20-10-12-3-8-16-17(9-12)25-11-24-16/h3-10,15,21H,2,11H2,1H3,(H,22,23). The molecule has 0 bridgehead atoms. The molecule has 6 nitrogen and oxygen atoms in total. The second-order valence-corrected chi connectivity index (χ2v) is 6.37. The molecule has 0 fully saturated rings. The molecule has 1 heterocycles. The molecule has 3 rings (SSSR count). The highest BCUT2D eigenvalue weighted by molar-refractivity contribution is 9.10. The van der Waals surface area contributed by atoms with Crippen molar-refractivity contribution in [3.05, 3.63) is 52.5 Å². The topological polar surface area (TPSA) is 72.0 Å². The molecule has 1 aliphatic heterocycles. The molecule has 1 aliphatic rings. The fraction of sp³-hybridized carbons (Fsp3) is 0.222. The van der Waals surface area contributed by atoms with Gasteiger partial charge in [-0.3, -0.25) is 4.79 Å². The molecule has 2 N–H and O–H groups in total. The molecule has 7 heteroatoms. The largest absolute Gasteiger partial charge is 0.454 e. The van der Waals surface area contributed by atoms with Crippen molar-refractivity contribution in [3.8, 4) is 11.5 Å². The highest BCUT2D eigenvalue weighted by Crippen LogP contribution is 2.31. The second-order valence-electron chi connectivity index (χ2n) is 5.46. The van der Waals surface area contributed by atoms with Crippen molar-refractivity contribution in [1.29, 1.82) is 0 Å². The van der Waals surface area contributed by atoms with E-state index >= 15 is 0 Å². The van der Waals surface area contributed by atoms with Gasteiger partial charge in [0, 0.05) is 10.2 Å². The minimum atomic E-state index is -0.366. The zero-order chi connectivity index (χ0) is 17.6. The molecule has 2 aromatic rings. The number of nitrogens with one attached hydrogen (secondary N) is 2. The Bertz CT molecular complexity index is 778. The summed E-state index contributed by atoms with van der Waals surface area (Å²) in [6.45, 7) is 2.17. The van der Waals surface area contributed by atoms with E-state index in [0.29, 0.717) is 17.9 Å². The maximum Gasteiger partial charge on any atom is 0.262 e. The van der Waals surface area contributed by atoms with Crippen molar-refractivity contribution in [2.45, 2.75) is 19.4 Å². The first kappa shape index (κ1) is 17.3. The summed E-state index contributed by atoms with van der Waals surface area (Å²) in [4.78, 5) is 12.3. The van der Waals surface area contributed by atoms with E-state index in [1.54, 1.807) is 6.21 Å². The van der Waals surface area contributed by atoms with Gasteiger partial charge in [-0.05, 0) is 54.4 Å². The molecule has 25 heavy (non-hydrogen) atoms. The number of ether oxygens (including phenoxy) is 2. The number of carbonyl (C=O) groups is 1. The van der Waals surface area contributed by atoms with Gasteiger partial charge >= 0.3 is 0 Å². The van der Waals surface area contributed by atoms with Crippen LogP contribution >= 0.6 is 15.9 Å². The van der Waals surface area contributed by atoms with Crippen LogP contribution in [-0.2, 0) is 4.79 Å². The van der Waals surface area contributed by atoms with Gasteiger partial charge in [0.2, 0.25) is 6.79 Å². The van der Waals surface area contributed by atoms with Crippen LogP contribution in [0.15, 0.2) is 52.0 Å². The second kappa shape index (κ2) is 8.02. The normalized spacial score (nSPS) is 13.7. The van der Waals surface area contributed by atoms with E-state index in [1.807, 2.05) is 49.4 Å². The summed E-state index contributed by atoms with van der Waals surface area (Å²) in [5.41, 5.74) is 4.27. The monoisotopic (exact) mass is 403 g/mol. The van der Waals surface area contributed by atoms with Crippen LogP contribution in [0.4, 0.5) is 5.69 Å². The summed E-state index contributed by atoms with van der Waals surface area (Å²) < 4.78 is 11.6. The van der Waals surface area contributed by atoms with Crippen molar-refractivity contribution in [2.75, 3.05) is 12.1 Å². The Hall–Kier alpha value is -2.54. The molecule has 0 spiro atoms. The Morgan fingerprint density at radius 1 is 1.24 bits per heavy atom. The lowest BCUT2D eigenvalue weighted by Crippen LogP contribution is -2.36. The van der Waals surface area contributed by atoms with E-state index in [1.165, 1.54) is 0 Å². The highest BCUT2D eigenvalue weighted by Gasteiger charge is 2.16. The first-order valence-electron chi connectivity index (χ1n) is 7.90. The van der Waals surface area contributed by atoms with Gasteiger partial charge in [0.15, 0.2) is 11.5 Å². The average Bonchev–Trinajstić information content (AvgIpc) is 3.09. The zero-order valence-corrected chi connectivity index (χ0v) is 15.2. The Labute approximate surface area is 154 Å². The van der Waals surface area contributed by atoms with Crippen LogP contribution in [-0.4, -0.2) is 25.0 Å². The van der Waals surface area contributed by atoms with Crippen molar-refractivity contribution < 1.29 is 14.3 Å². The van der Waals surface area contributed by atoms with Gasteiger partial charge in [-0.25, -0.2) is 5.43 Å². The molecule has 0 aromatic heterocycles. The van der Waals surface area contributed by atoms with E-state index < -0.39 is 0 Å². The number of nitrogens with zero attached hydrogens (tertiary/aromatic N) is 1. The molecule has 1 amide bonds. The van der Waals surface area contributed by atoms with E-state index in [-0.39, 0.29) is 18.7 Å². The lowest BCUT2D eigenvalue weighted by molar-refractivity contribution is -0.121. The van der Waals surface area contributed by atoms with Gasteiger partial charge in [0.1, 0.15) is 6.04 Å². The maximum atomic E-state index is 12.3. The van der Waals surface area contributed by atoms with Crippen molar-refractivity contribution in [2.24, 2.45) is 5.10 Å². The maximum absolute atomic E-state index is 12.3. The smallest absolute Gasteiger partial charge is 0.262 e. The molecule has 0 saturated heterocycles. The number of hydrogen-bond donors (Lipinski definition) is 2. The number of carbonyl (C=O) groups excluding carboxylic acids is 1. The van der Waals surface area contributed by atoms with Gasteiger partial charge in [0.05, 0.1) is 6.21 Å². The summed E-state index contributed by atoms with van der Waals surface area (Å²) in [5.74, 6) is 1.20. The molecule has 0 saturated carbocycles. The number of hydrazone groups is 1. The summed E-state index contributed by atoms with van der Waals surface area (Å²) in [6.07, 6.45) is 2.22. The third kappa shape index (κ3) is 4.51. The van der Waals surface area contributed by atoms with E-state index in [4.69, 9.17) is 9.47 Å². The molecule has 130 valence electrons. The lowest BCUT2D eigenvalue weighted by atomic mass is 10.2. The number of fused-ring (bicyclic) bond motifs is 1. The fourth-order valence-corrected chi connectivity index (χ4v) is 2.61. The summed E-state index contributed by atoms with van der Waals surface area (Å²) in [6, 6.07) is 12.8. The molecule has 0 aliphatic carbocycles. The predicted octanol–water partition coefficient (Wildman–Crippen LogP) is 3.52. The SMILES string of the molecule is CCC(Nc1ccc(Br)cc1)C(=O)NN=Cc1ccc2c(c1)OCO2. The molecule has 1 unspecified atom stereocenters. The van der Waals surface area contributed by atoms with E-state index in [9.17, 15) is 4.79 Å². The van der Waals surface area contributed by atoms with Crippen molar-refractivity contribution in [3.63, 3.8) is 0 Å². The van der Waals surface area contributed by atoms with E-state index in [2.05, 4.69) is 31.8 Å². The van der Waals surface area contributed by atoms with Gasteiger partial charge in [0.25, 0.3) is 5.91 Å². The Kier molecular flexibility index (Phi) is 5.55. The Morgan fingerprint density at radius 3 is 2.76 bits per heavy atom. The third-order valence-electron chi connectivity index (χ3n) is 3.69. The minimum Gasteiger partial charge on any atom is -0.454 e. The zero-order valence-electron chi connectivity index (χ0n) is 13.7. The molecule has 0 radical (unpaired) electrons. The summed E-state index contributed by atoms with van der Waals surface area (Å²) >= 11 is 3.39. The summed E-state index contributed by atoms with van der Waals surface area (Å²) in [7, 11) is 0. The Balaban J connectivity index is 1.57. The first-order chi connectivity index (χ1) is 12.2. The number of benzene rings is 2.